The molecule has 0 bridgehead atoms. The van der Waals surface area contributed by atoms with Gasteiger partial charge in [-0.3, -0.25) is 9.78 Å². The van der Waals surface area contributed by atoms with Gasteiger partial charge in [0, 0.05) is 39.9 Å². The number of benzene rings is 1. The summed E-state index contributed by atoms with van der Waals surface area (Å²) >= 11 is 3.45. The predicted octanol–water partition coefficient (Wildman–Crippen LogP) is 3.76. The average Bonchev–Trinajstić information content (AvgIpc) is 2.85. The van der Waals surface area contributed by atoms with E-state index in [0.717, 1.165) is 32.1 Å². The van der Waals surface area contributed by atoms with Crippen molar-refractivity contribution in [2.75, 3.05) is 0 Å². The molecular formula is C17H12BrN3O. The Morgan fingerprint density at radius 2 is 2.00 bits per heavy atom. The Labute approximate surface area is 134 Å². The van der Waals surface area contributed by atoms with Gasteiger partial charge in [-0.1, -0.05) is 28.1 Å². The van der Waals surface area contributed by atoms with Crippen LogP contribution in [0.2, 0.25) is 0 Å². The lowest BCUT2D eigenvalue weighted by atomic mass is 10.1. The third-order valence-electron chi connectivity index (χ3n) is 3.73. The quantitative estimate of drug-likeness (QED) is 0.576. The predicted molar refractivity (Wildman–Crippen MR) is 91.2 cm³/mol. The summed E-state index contributed by atoms with van der Waals surface area (Å²) in [4.78, 5) is 22.8. The van der Waals surface area contributed by atoms with Crippen molar-refractivity contribution in [3.8, 4) is 0 Å². The van der Waals surface area contributed by atoms with Crippen LogP contribution in [0.1, 0.15) is 11.3 Å². The van der Waals surface area contributed by atoms with Gasteiger partial charge in [-0.2, -0.15) is 0 Å². The summed E-state index contributed by atoms with van der Waals surface area (Å²) in [7, 11) is 0. The van der Waals surface area contributed by atoms with Gasteiger partial charge in [0.15, 0.2) is 0 Å². The number of hydrogen-bond acceptors (Lipinski definition) is 2. The number of aromatic amines is 2. The molecule has 1 aromatic carbocycles. The van der Waals surface area contributed by atoms with E-state index in [1.54, 1.807) is 6.20 Å². The molecule has 0 unspecified atom stereocenters. The fraction of sp³-hybridized carbons (Fsp3) is 0.0588. The van der Waals surface area contributed by atoms with Crippen LogP contribution in [-0.2, 0) is 6.42 Å². The van der Waals surface area contributed by atoms with Gasteiger partial charge in [0.1, 0.15) is 0 Å². The minimum absolute atomic E-state index is 0.0648. The Balaban J connectivity index is 1.89. The molecule has 4 rings (SSSR count). The lowest BCUT2D eigenvalue weighted by Gasteiger charge is -2.01. The molecule has 0 fully saturated rings. The highest BCUT2D eigenvalue weighted by Crippen LogP contribution is 2.25. The van der Waals surface area contributed by atoms with Crippen molar-refractivity contribution < 1.29 is 0 Å². The maximum atomic E-state index is 12.4. The molecular weight excluding hydrogens is 342 g/mol. The number of aromatic nitrogens is 3. The summed E-state index contributed by atoms with van der Waals surface area (Å²) in [5, 5.41) is 1.64. The SMILES string of the molecule is O=c1[nH]c(Cc2cccnc2)cc2[nH]c3cc(Br)ccc3c12. The van der Waals surface area contributed by atoms with E-state index >= 15 is 0 Å². The van der Waals surface area contributed by atoms with Crippen LogP contribution < -0.4 is 5.56 Å². The van der Waals surface area contributed by atoms with Crippen molar-refractivity contribution in [1.82, 2.24) is 15.0 Å². The Morgan fingerprint density at radius 1 is 1.09 bits per heavy atom. The highest BCUT2D eigenvalue weighted by atomic mass is 79.9. The number of H-pyrrole nitrogens is 2. The molecule has 5 heteroatoms. The molecule has 2 N–H and O–H groups in total. The smallest absolute Gasteiger partial charge is 0.258 e. The van der Waals surface area contributed by atoms with E-state index in [1.165, 1.54) is 0 Å². The highest BCUT2D eigenvalue weighted by Gasteiger charge is 2.10. The summed E-state index contributed by atoms with van der Waals surface area (Å²) < 4.78 is 0.985. The Bertz CT molecular complexity index is 1030. The molecule has 4 aromatic rings. The molecule has 108 valence electrons. The van der Waals surface area contributed by atoms with Gasteiger partial charge in [0.05, 0.1) is 10.9 Å². The molecule has 0 amide bonds. The maximum absolute atomic E-state index is 12.4. The van der Waals surface area contributed by atoms with E-state index < -0.39 is 0 Å². The van der Waals surface area contributed by atoms with Crippen molar-refractivity contribution in [3.63, 3.8) is 0 Å². The molecule has 0 aliphatic carbocycles. The molecule has 22 heavy (non-hydrogen) atoms. The van der Waals surface area contributed by atoms with E-state index in [9.17, 15) is 4.79 Å². The number of nitrogens with one attached hydrogen (secondary N) is 2. The van der Waals surface area contributed by atoms with Crippen LogP contribution in [0.15, 0.2) is 58.1 Å². The monoisotopic (exact) mass is 353 g/mol. The van der Waals surface area contributed by atoms with E-state index in [1.807, 2.05) is 42.6 Å². The number of nitrogens with zero attached hydrogens (tertiary/aromatic N) is 1. The zero-order chi connectivity index (χ0) is 15.1. The fourth-order valence-corrected chi connectivity index (χ4v) is 3.14. The first kappa shape index (κ1) is 13.3. The van der Waals surface area contributed by atoms with Crippen LogP contribution in [0.25, 0.3) is 21.8 Å². The number of rotatable bonds is 2. The third kappa shape index (κ3) is 2.23. The summed E-state index contributed by atoms with van der Waals surface area (Å²) in [6, 6.07) is 11.8. The van der Waals surface area contributed by atoms with Crippen LogP contribution in [0.4, 0.5) is 0 Å². The molecule has 0 aliphatic heterocycles. The number of halogens is 1. The summed E-state index contributed by atoms with van der Waals surface area (Å²) in [5.74, 6) is 0. The Morgan fingerprint density at radius 3 is 2.82 bits per heavy atom. The van der Waals surface area contributed by atoms with Gasteiger partial charge < -0.3 is 9.97 Å². The summed E-state index contributed by atoms with van der Waals surface area (Å²) in [5.41, 5.74) is 3.68. The molecule has 0 radical (unpaired) electrons. The van der Waals surface area contributed by atoms with Gasteiger partial charge >= 0.3 is 0 Å². The third-order valence-corrected chi connectivity index (χ3v) is 4.22. The average molecular weight is 354 g/mol. The first-order chi connectivity index (χ1) is 10.7. The number of hydrogen-bond donors (Lipinski definition) is 2. The lowest BCUT2D eigenvalue weighted by Crippen LogP contribution is -2.09. The van der Waals surface area contributed by atoms with Crippen LogP contribution in [-0.4, -0.2) is 15.0 Å². The minimum Gasteiger partial charge on any atom is -0.354 e. The molecule has 0 aliphatic rings. The van der Waals surface area contributed by atoms with E-state index in [-0.39, 0.29) is 5.56 Å². The lowest BCUT2D eigenvalue weighted by molar-refractivity contribution is 1.05. The van der Waals surface area contributed by atoms with Gasteiger partial charge in [-0.05, 0) is 29.8 Å². The summed E-state index contributed by atoms with van der Waals surface area (Å²) in [6.07, 6.45) is 4.20. The molecule has 0 saturated heterocycles. The first-order valence-corrected chi connectivity index (χ1v) is 7.72. The number of fused-ring (bicyclic) bond motifs is 3. The van der Waals surface area contributed by atoms with E-state index in [4.69, 9.17) is 0 Å². The molecule has 3 heterocycles. The maximum Gasteiger partial charge on any atom is 0.258 e. The van der Waals surface area contributed by atoms with Gasteiger partial charge in [-0.15, -0.1) is 0 Å². The molecule has 0 saturated carbocycles. The van der Waals surface area contributed by atoms with Crippen LogP contribution in [0.5, 0.6) is 0 Å². The fourth-order valence-electron chi connectivity index (χ4n) is 2.78. The normalized spacial score (nSPS) is 11.3. The molecule has 0 spiro atoms. The van der Waals surface area contributed by atoms with Crippen molar-refractivity contribution >= 4 is 37.7 Å². The summed E-state index contributed by atoms with van der Waals surface area (Å²) in [6.45, 7) is 0. The largest absolute Gasteiger partial charge is 0.354 e. The molecule has 3 aromatic heterocycles. The van der Waals surface area contributed by atoms with Crippen LogP contribution in [0, 0.1) is 0 Å². The highest BCUT2D eigenvalue weighted by molar-refractivity contribution is 9.10. The zero-order valence-electron chi connectivity index (χ0n) is 11.6. The second-order valence-corrected chi connectivity index (χ2v) is 6.18. The number of pyridine rings is 2. The van der Waals surface area contributed by atoms with Crippen LogP contribution in [0.3, 0.4) is 0 Å². The minimum atomic E-state index is -0.0648. The standard InChI is InChI=1S/C17H12BrN3O/c18-11-3-4-13-14(7-11)21-15-8-12(20-17(22)16(13)15)6-10-2-1-5-19-9-10/h1-5,7-9,21H,6H2,(H,20,22). The van der Waals surface area contributed by atoms with E-state index in [0.29, 0.717) is 11.8 Å². The van der Waals surface area contributed by atoms with Crippen molar-refractivity contribution in [2.45, 2.75) is 6.42 Å². The van der Waals surface area contributed by atoms with Crippen molar-refractivity contribution in [1.29, 1.82) is 0 Å². The van der Waals surface area contributed by atoms with Crippen molar-refractivity contribution in [2.24, 2.45) is 0 Å². The molecule has 0 atom stereocenters. The second-order valence-electron chi connectivity index (χ2n) is 5.27. The topological polar surface area (TPSA) is 61.5 Å². The Hall–Kier alpha value is -2.40. The Kier molecular flexibility index (Phi) is 3.08. The van der Waals surface area contributed by atoms with Gasteiger partial charge in [0.2, 0.25) is 0 Å². The van der Waals surface area contributed by atoms with Gasteiger partial charge in [0.25, 0.3) is 5.56 Å². The molecule has 4 nitrogen and oxygen atoms in total. The zero-order valence-corrected chi connectivity index (χ0v) is 13.1. The first-order valence-electron chi connectivity index (χ1n) is 6.93. The van der Waals surface area contributed by atoms with E-state index in [2.05, 4.69) is 30.9 Å². The van der Waals surface area contributed by atoms with Gasteiger partial charge in [-0.25, -0.2) is 0 Å². The van der Waals surface area contributed by atoms with Crippen molar-refractivity contribution in [3.05, 3.63) is 74.9 Å². The second kappa shape index (κ2) is 5.10. The van der Waals surface area contributed by atoms with Crippen LogP contribution >= 0.6 is 15.9 Å².